The van der Waals surface area contributed by atoms with Crippen molar-refractivity contribution >= 4 is 12.6 Å². The molecule has 3 nitrogen and oxygen atoms in total. The molecule has 0 fully saturated rings. The van der Waals surface area contributed by atoms with Crippen LogP contribution in [0.2, 0.25) is 0 Å². The first-order valence-corrected chi connectivity index (χ1v) is 5.48. The fraction of sp³-hybridized carbons (Fsp3) is 0.800. The smallest absolute Gasteiger partial charge is 0.0874 e. The average Bonchev–Trinajstić information content (AvgIpc) is 2.18. The molecule has 0 radical (unpaired) electrons. The molecule has 0 spiro atoms. The van der Waals surface area contributed by atoms with Crippen LogP contribution in [0, 0.1) is 28.6 Å². The highest BCUT2D eigenvalue weighted by Crippen LogP contribution is 2.10. The van der Waals surface area contributed by atoms with E-state index in [4.69, 9.17) is 10.5 Å². The minimum Gasteiger partial charge on any atom is -0.277 e. The lowest BCUT2D eigenvalue weighted by Gasteiger charge is -2.21. The molecule has 0 aromatic carbocycles. The molecule has 78 valence electrons. The van der Waals surface area contributed by atoms with E-state index in [1.165, 1.54) is 0 Å². The molecule has 0 rings (SSSR count). The van der Waals surface area contributed by atoms with Gasteiger partial charge in [-0.1, -0.05) is 13.3 Å². The maximum atomic E-state index is 8.56. The summed E-state index contributed by atoms with van der Waals surface area (Å²) in [4.78, 5) is 1.87. The summed E-state index contributed by atoms with van der Waals surface area (Å²) in [6, 6.07) is 4.15. The molecule has 0 aromatic rings. The first kappa shape index (κ1) is 13.3. The molecule has 0 aliphatic rings. The zero-order valence-corrected chi connectivity index (χ0v) is 9.50. The standard InChI is InChI=1S/C10H17N3S/c1-2-3-10(9-14)8-13(6-4-11)7-5-12/h10,14H,2-3,6-9H2,1H3. The molecule has 1 atom stereocenters. The third-order valence-electron chi connectivity index (χ3n) is 2.06. The lowest BCUT2D eigenvalue weighted by Crippen LogP contribution is -2.31. The number of hydrogen-bond acceptors (Lipinski definition) is 4. The maximum absolute atomic E-state index is 8.56. The van der Waals surface area contributed by atoms with Crippen molar-refractivity contribution in [2.45, 2.75) is 19.8 Å². The Labute approximate surface area is 91.7 Å². The third-order valence-corrected chi connectivity index (χ3v) is 2.58. The first-order chi connectivity index (χ1) is 6.78. The van der Waals surface area contributed by atoms with Gasteiger partial charge in [-0.25, -0.2) is 0 Å². The van der Waals surface area contributed by atoms with E-state index < -0.39 is 0 Å². The van der Waals surface area contributed by atoms with Gasteiger partial charge in [0.25, 0.3) is 0 Å². The number of nitrogens with zero attached hydrogens (tertiary/aromatic N) is 3. The van der Waals surface area contributed by atoms with Crippen molar-refractivity contribution in [3.63, 3.8) is 0 Å². The van der Waals surface area contributed by atoms with Crippen molar-refractivity contribution in [3.8, 4) is 12.1 Å². The summed E-state index contributed by atoms with van der Waals surface area (Å²) in [5.41, 5.74) is 0. The monoisotopic (exact) mass is 211 g/mol. The van der Waals surface area contributed by atoms with Gasteiger partial charge in [0.1, 0.15) is 0 Å². The topological polar surface area (TPSA) is 50.8 Å². The quantitative estimate of drug-likeness (QED) is 0.515. The fourth-order valence-corrected chi connectivity index (χ4v) is 1.70. The van der Waals surface area contributed by atoms with E-state index in [0.717, 1.165) is 25.1 Å². The molecule has 0 aromatic heterocycles. The molecule has 0 N–H and O–H groups in total. The van der Waals surface area contributed by atoms with E-state index in [2.05, 4.69) is 31.7 Å². The zero-order chi connectivity index (χ0) is 10.8. The Kier molecular flexibility index (Phi) is 8.42. The zero-order valence-electron chi connectivity index (χ0n) is 8.61. The molecule has 0 aliphatic carbocycles. The second-order valence-electron chi connectivity index (χ2n) is 3.32. The van der Waals surface area contributed by atoms with Crippen molar-refractivity contribution in [1.82, 2.24) is 4.90 Å². The lowest BCUT2D eigenvalue weighted by atomic mass is 10.1. The van der Waals surface area contributed by atoms with Crippen molar-refractivity contribution in [2.24, 2.45) is 5.92 Å². The van der Waals surface area contributed by atoms with Gasteiger partial charge in [-0.05, 0) is 18.1 Å². The van der Waals surface area contributed by atoms with Gasteiger partial charge >= 0.3 is 0 Å². The molecule has 0 heterocycles. The molecule has 0 saturated carbocycles. The second-order valence-corrected chi connectivity index (χ2v) is 3.69. The Balaban J connectivity index is 3.99. The van der Waals surface area contributed by atoms with E-state index in [1.54, 1.807) is 0 Å². The van der Waals surface area contributed by atoms with E-state index >= 15 is 0 Å². The van der Waals surface area contributed by atoms with Gasteiger partial charge in [0, 0.05) is 6.54 Å². The van der Waals surface area contributed by atoms with Crippen molar-refractivity contribution in [1.29, 1.82) is 10.5 Å². The largest absolute Gasteiger partial charge is 0.277 e. The summed E-state index contributed by atoms with van der Waals surface area (Å²) in [6.07, 6.45) is 2.23. The summed E-state index contributed by atoms with van der Waals surface area (Å²) in [5, 5.41) is 17.1. The Morgan fingerprint density at radius 2 is 1.86 bits per heavy atom. The third kappa shape index (κ3) is 5.85. The number of hydrogen-bond donors (Lipinski definition) is 1. The molecule has 1 unspecified atom stereocenters. The first-order valence-electron chi connectivity index (χ1n) is 4.85. The molecule has 0 amide bonds. The maximum Gasteiger partial charge on any atom is 0.0874 e. The van der Waals surface area contributed by atoms with Crippen molar-refractivity contribution < 1.29 is 0 Å². The molecule has 14 heavy (non-hydrogen) atoms. The van der Waals surface area contributed by atoms with Crippen LogP contribution in [0.1, 0.15) is 19.8 Å². The van der Waals surface area contributed by atoms with E-state index in [1.807, 2.05) is 4.90 Å². The highest BCUT2D eigenvalue weighted by atomic mass is 32.1. The minimum atomic E-state index is 0.335. The molecular weight excluding hydrogens is 194 g/mol. The second kappa shape index (κ2) is 8.87. The molecule has 4 heteroatoms. The average molecular weight is 211 g/mol. The fourth-order valence-electron chi connectivity index (χ4n) is 1.40. The lowest BCUT2D eigenvalue weighted by molar-refractivity contribution is 0.284. The summed E-state index contributed by atoms with van der Waals surface area (Å²) in [7, 11) is 0. The van der Waals surface area contributed by atoms with Crippen LogP contribution < -0.4 is 0 Å². The van der Waals surface area contributed by atoms with Crippen LogP contribution in [-0.4, -0.2) is 30.3 Å². The van der Waals surface area contributed by atoms with Gasteiger partial charge in [0.15, 0.2) is 0 Å². The predicted molar refractivity (Wildman–Crippen MR) is 59.9 cm³/mol. The van der Waals surface area contributed by atoms with Crippen LogP contribution in [0.5, 0.6) is 0 Å². The van der Waals surface area contributed by atoms with E-state index in [0.29, 0.717) is 19.0 Å². The van der Waals surface area contributed by atoms with Crippen molar-refractivity contribution in [2.75, 3.05) is 25.4 Å². The number of nitriles is 2. The SMILES string of the molecule is CCCC(CS)CN(CC#N)CC#N. The minimum absolute atomic E-state index is 0.335. The molecule has 0 aliphatic heterocycles. The highest BCUT2D eigenvalue weighted by molar-refractivity contribution is 7.80. The normalized spacial score (nSPS) is 12.1. The number of rotatable bonds is 7. The van der Waals surface area contributed by atoms with E-state index in [9.17, 15) is 0 Å². The summed E-state index contributed by atoms with van der Waals surface area (Å²) in [6.45, 7) is 3.61. The Morgan fingerprint density at radius 1 is 1.29 bits per heavy atom. The van der Waals surface area contributed by atoms with Gasteiger partial charge in [0.05, 0.1) is 25.2 Å². The van der Waals surface area contributed by atoms with E-state index in [-0.39, 0.29) is 0 Å². The van der Waals surface area contributed by atoms with Gasteiger partial charge in [-0.3, -0.25) is 4.90 Å². The van der Waals surface area contributed by atoms with Gasteiger partial charge < -0.3 is 0 Å². The van der Waals surface area contributed by atoms with Crippen LogP contribution in [0.4, 0.5) is 0 Å². The van der Waals surface area contributed by atoms with Gasteiger partial charge in [-0.2, -0.15) is 23.2 Å². The number of thiol groups is 1. The summed E-state index contributed by atoms with van der Waals surface area (Å²) >= 11 is 4.27. The predicted octanol–water partition coefficient (Wildman–Crippen LogP) is 1.68. The summed E-state index contributed by atoms with van der Waals surface area (Å²) in [5.74, 6) is 1.31. The van der Waals surface area contributed by atoms with Gasteiger partial charge in [0.2, 0.25) is 0 Å². The Bertz CT molecular complexity index is 200. The highest BCUT2D eigenvalue weighted by Gasteiger charge is 2.11. The van der Waals surface area contributed by atoms with Crippen LogP contribution in [0.15, 0.2) is 0 Å². The Hall–Kier alpha value is -0.710. The molecule has 0 bridgehead atoms. The van der Waals surface area contributed by atoms with Crippen LogP contribution in [0.25, 0.3) is 0 Å². The van der Waals surface area contributed by atoms with Crippen LogP contribution in [-0.2, 0) is 0 Å². The van der Waals surface area contributed by atoms with Crippen LogP contribution in [0.3, 0.4) is 0 Å². The summed E-state index contributed by atoms with van der Waals surface area (Å²) < 4.78 is 0. The molecular formula is C10H17N3S. The van der Waals surface area contributed by atoms with Crippen molar-refractivity contribution in [3.05, 3.63) is 0 Å². The van der Waals surface area contributed by atoms with Crippen LogP contribution >= 0.6 is 12.6 Å². The van der Waals surface area contributed by atoms with Gasteiger partial charge in [-0.15, -0.1) is 0 Å². The Morgan fingerprint density at radius 3 is 2.21 bits per heavy atom. The molecule has 0 saturated heterocycles.